The summed E-state index contributed by atoms with van der Waals surface area (Å²) in [5.74, 6) is -0.229. The number of esters is 1. The van der Waals surface area contributed by atoms with E-state index < -0.39 is 10.9 Å². The van der Waals surface area contributed by atoms with Gasteiger partial charge in [-0.15, -0.1) is 0 Å². The topological polar surface area (TPSA) is 108 Å². The van der Waals surface area contributed by atoms with Crippen molar-refractivity contribution < 1.29 is 18.9 Å². The summed E-state index contributed by atoms with van der Waals surface area (Å²) < 4.78 is 10.7. The third-order valence-corrected chi connectivity index (χ3v) is 4.57. The lowest BCUT2D eigenvalue weighted by molar-refractivity contribution is -0.384. The van der Waals surface area contributed by atoms with Crippen LogP contribution in [0.15, 0.2) is 53.1 Å². The molecule has 1 fully saturated rings. The van der Waals surface area contributed by atoms with Crippen molar-refractivity contribution in [3.63, 3.8) is 0 Å². The van der Waals surface area contributed by atoms with E-state index in [0.29, 0.717) is 17.3 Å². The van der Waals surface area contributed by atoms with Gasteiger partial charge in [0.1, 0.15) is 24.3 Å². The van der Waals surface area contributed by atoms with Crippen LogP contribution in [0.4, 0.5) is 11.4 Å². The molecule has 2 aromatic carbocycles. The van der Waals surface area contributed by atoms with Crippen molar-refractivity contribution in [2.45, 2.75) is 32.4 Å². The number of anilines is 1. The monoisotopic (exact) mass is 393 g/mol. The Bertz CT molecular complexity index is 1050. The molecule has 29 heavy (non-hydrogen) atoms. The highest BCUT2D eigenvalue weighted by molar-refractivity contribution is 5.91. The number of hydrogen-bond donors (Lipinski definition) is 1. The summed E-state index contributed by atoms with van der Waals surface area (Å²) in [6.45, 7) is 1.90. The standard InChI is InChI=1S/C21H19N3O5/c1-13-2-4-14(5-3-13)20-23-17(11-28-20)12-29-21(25)15-6-9-18(22-16-7-8-16)19(10-15)24(26)27/h2-6,9-11,16,22H,7-8,12H2,1H3. The maximum Gasteiger partial charge on any atom is 0.338 e. The first-order valence-electron chi connectivity index (χ1n) is 9.23. The molecule has 0 unspecified atom stereocenters. The summed E-state index contributed by atoms with van der Waals surface area (Å²) in [4.78, 5) is 27.5. The van der Waals surface area contributed by atoms with Crippen LogP contribution in [-0.2, 0) is 11.3 Å². The number of rotatable bonds is 7. The first kappa shape index (κ1) is 18.7. The third-order valence-electron chi connectivity index (χ3n) is 4.57. The fraction of sp³-hybridized carbons (Fsp3) is 0.238. The molecule has 0 spiro atoms. The molecule has 0 amide bonds. The van der Waals surface area contributed by atoms with Gasteiger partial charge in [0, 0.05) is 17.7 Å². The predicted molar refractivity (Wildman–Crippen MR) is 106 cm³/mol. The molecule has 1 aliphatic rings. The highest BCUT2D eigenvalue weighted by Crippen LogP contribution is 2.31. The molecule has 1 heterocycles. The Morgan fingerprint density at radius 2 is 2.03 bits per heavy atom. The molecule has 1 N–H and O–H groups in total. The molecule has 1 aliphatic carbocycles. The number of nitro groups is 1. The van der Waals surface area contributed by atoms with Crippen LogP contribution < -0.4 is 5.32 Å². The lowest BCUT2D eigenvalue weighted by Crippen LogP contribution is -2.08. The minimum atomic E-state index is -0.661. The van der Waals surface area contributed by atoms with Gasteiger partial charge in [0.2, 0.25) is 5.89 Å². The summed E-state index contributed by atoms with van der Waals surface area (Å²) in [7, 11) is 0. The average Bonchev–Trinajstić information content (AvgIpc) is 3.40. The quantitative estimate of drug-likeness (QED) is 0.358. The van der Waals surface area contributed by atoms with Crippen LogP contribution in [0.25, 0.3) is 11.5 Å². The maximum atomic E-state index is 12.3. The maximum absolute atomic E-state index is 12.3. The average molecular weight is 393 g/mol. The minimum absolute atomic E-state index is 0.0932. The van der Waals surface area contributed by atoms with Crippen molar-refractivity contribution in [1.29, 1.82) is 0 Å². The number of aromatic nitrogens is 1. The first-order valence-corrected chi connectivity index (χ1v) is 9.23. The van der Waals surface area contributed by atoms with Gasteiger partial charge in [-0.05, 0) is 44.0 Å². The summed E-state index contributed by atoms with van der Waals surface area (Å²) in [5, 5.41) is 14.4. The molecule has 0 radical (unpaired) electrons. The minimum Gasteiger partial charge on any atom is -0.455 e. The van der Waals surface area contributed by atoms with E-state index in [0.717, 1.165) is 24.0 Å². The Balaban J connectivity index is 1.42. The third kappa shape index (κ3) is 4.43. The Hall–Kier alpha value is -3.68. The van der Waals surface area contributed by atoms with Crippen LogP contribution >= 0.6 is 0 Å². The first-order chi connectivity index (χ1) is 14.0. The van der Waals surface area contributed by atoms with Crippen LogP contribution in [0.5, 0.6) is 0 Å². The van der Waals surface area contributed by atoms with Crippen LogP contribution in [0.2, 0.25) is 0 Å². The van der Waals surface area contributed by atoms with Crippen molar-refractivity contribution in [3.05, 3.63) is 75.7 Å². The van der Waals surface area contributed by atoms with E-state index >= 15 is 0 Å². The molecule has 0 aliphatic heterocycles. The highest BCUT2D eigenvalue weighted by Gasteiger charge is 2.26. The molecule has 3 aromatic rings. The predicted octanol–water partition coefficient (Wildman–Crippen LogP) is 4.49. The molecule has 8 heteroatoms. The van der Waals surface area contributed by atoms with Gasteiger partial charge in [-0.2, -0.15) is 0 Å². The number of carbonyl (C=O) groups is 1. The van der Waals surface area contributed by atoms with Gasteiger partial charge >= 0.3 is 5.97 Å². The Labute approximate surface area is 166 Å². The summed E-state index contributed by atoms with van der Waals surface area (Å²) in [6, 6.07) is 12.2. The number of ether oxygens (including phenoxy) is 1. The second-order valence-electron chi connectivity index (χ2n) is 6.99. The summed E-state index contributed by atoms with van der Waals surface area (Å²) in [6.07, 6.45) is 3.40. The Morgan fingerprint density at radius 1 is 1.28 bits per heavy atom. The highest BCUT2D eigenvalue weighted by atomic mass is 16.6. The van der Waals surface area contributed by atoms with Crippen molar-refractivity contribution in [2.24, 2.45) is 0 Å². The van der Waals surface area contributed by atoms with Crippen LogP contribution in [0.1, 0.15) is 34.5 Å². The smallest absolute Gasteiger partial charge is 0.338 e. The molecular formula is C21H19N3O5. The lowest BCUT2D eigenvalue weighted by Gasteiger charge is -2.07. The van der Waals surface area contributed by atoms with Gasteiger partial charge in [-0.3, -0.25) is 10.1 Å². The van der Waals surface area contributed by atoms with Crippen LogP contribution in [0, 0.1) is 17.0 Å². The zero-order chi connectivity index (χ0) is 20.4. The SMILES string of the molecule is Cc1ccc(-c2nc(COC(=O)c3ccc(NC4CC4)c([N+](=O)[O-])c3)co2)cc1. The van der Waals surface area contributed by atoms with E-state index in [4.69, 9.17) is 9.15 Å². The van der Waals surface area contributed by atoms with Crippen LogP contribution in [-0.4, -0.2) is 21.9 Å². The molecule has 0 atom stereocenters. The fourth-order valence-corrected chi connectivity index (χ4v) is 2.80. The summed E-state index contributed by atoms with van der Waals surface area (Å²) >= 11 is 0. The lowest BCUT2D eigenvalue weighted by atomic mass is 10.1. The second-order valence-corrected chi connectivity index (χ2v) is 6.99. The zero-order valence-corrected chi connectivity index (χ0v) is 15.8. The van der Waals surface area contributed by atoms with Gasteiger partial charge in [0.15, 0.2) is 0 Å². The number of nitrogens with zero attached hydrogens (tertiary/aromatic N) is 2. The molecule has 8 nitrogen and oxygen atoms in total. The van der Waals surface area contributed by atoms with Crippen molar-refractivity contribution in [1.82, 2.24) is 4.98 Å². The van der Waals surface area contributed by atoms with Gasteiger partial charge in [0.05, 0.1) is 10.5 Å². The van der Waals surface area contributed by atoms with Crippen molar-refractivity contribution in [2.75, 3.05) is 5.32 Å². The zero-order valence-electron chi connectivity index (χ0n) is 15.8. The number of aryl methyl sites for hydroxylation is 1. The Morgan fingerprint density at radius 3 is 2.72 bits per heavy atom. The number of hydrogen-bond acceptors (Lipinski definition) is 7. The number of benzene rings is 2. The molecule has 148 valence electrons. The molecule has 0 saturated heterocycles. The van der Waals surface area contributed by atoms with Crippen molar-refractivity contribution >= 4 is 17.3 Å². The number of oxazole rings is 1. The second kappa shape index (κ2) is 7.75. The van der Waals surface area contributed by atoms with Gasteiger partial charge in [0.25, 0.3) is 5.69 Å². The van der Waals surface area contributed by atoms with E-state index in [1.807, 2.05) is 31.2 Å². The number of nitrogens with one attached hydrogen (secondary N) is 1. The largest absolute Gasteiger partial charge is 0.455 e. The number of carbonyl (C=O) groups excluding carboxylic acids is 1. The Kier molecular flexibility index (Phi) is 4.99. The van der Waals surface area contributed by atoms with E-state index in [-0.39, 0.29) is 23.9 Å². The molecular weight excluding hydrogens is 374 g/mol. The molecule has 1 saturated carbocycles. The summed E-state index contributed by atoms with van der Waals surface area (Å²) in [5.41, 5.74) is 2.78. The van der Waals surface area contributed by atoms with Gasteiger partial charge in [-0.25, -0.2) is 9.78 Å². The van der Waals surface area contributed by atoms with E-state index in [2.05, 4.69) is 10.3 Å². The fourth-order valence-electron chi connectivity index (χ4n) is 2.80. The van der Waals surface area contributed by atoms with E-state index in [9.17, 15) is 14.9 Å². The van der Waals surface area contributed by atoms with Crippen LogP contribution in [0.3, 0.4) is 0 Å². The van der Waals surface area contributed by atoms with Gasteiger partial charge < -0.3 is 14.5 Å². The van der Waals surface area contributed by atoms with Gasteiger partial charge in [-0.1, -0.05) is 17.7 Å². The molecule has 0 bridgehead atoms. The number of nitro benzene ring substituents is 1. The van der Waals surface area contributed by atoms with E-state index in [1.54, 1.807) is 6.07 Å². The van der Waals surface area contributed by atoms with E-state index in [1.165, 1.54) is 18.4 Å². The molecule has 4 rings (SSSR count). The normalized spacial score (nSPS) is 13.1. The van der Waals surface area contributed by atoms with Crippen molar-refractivity contribution in [3.8, 4) is 11.5 Å². The molecule has 1 aromatic heterocycles.